The van der Waals surface area contributed by atoms with Crippen molar-refractivity contribution in [2.45, 2.75) is 25.8 Å². The summed E-state index contributed by atoms with van der Waals surface area (Å²) in [5, 5.41) is 5.02. The Morgan fingerprint density at radius 2 is 2.05 bits per heavy atom. The molecule has 4 rings (SSSR count). The normalized spacial score (nSPS) is 27.0. The van der Waals surface area contributed by atoms with Crippen LogP contribution >= 0.6 is 0 Å². The van der Waals surface area contributed by atoms with E-state index in [2.05, 4.69) is 58.6 Å². The molecular formula is C19H24N2. The Kier molecular flexibility index (Phi) is 3.56. The number of para-hydroxylation sites is 1. The van der Waals surface area contributed by atoms with Crippen LogP contribution in [0, 0.1) is 17.8 Å². The highest BCUT2D eigenvalue weighted by molar-refractivity contribution is 5.79. The van der Waals surface area contributed by atoms with Crippen molar-refractivity contribution in [1.29, 1.82) is 0 Å². The lowest BCUT2D eigenvalue weighted by molar-refractivity contribution is 0.410. The van der Waals surface area contributed by atoms with Crippen LogP contribution in [0.1, 0.15) is 19.3 Å². The molecule has 1 N–H and O–H groups in total. The third-order valence-corrected chi connectivity index (χ3v) is 5.26. The molecule has 0 radical (unpaired) electrons. The Morgan fingerprint density at radius 1 is 1.10 bits per heavy atom. The van der Waals surface area contributed by atoms with Crippen LogP contribution in [0.15, 0.2) is 48.7 Å². The van der Waals surface area contributed by atoms with Crippen molar-refractivity contribution < 1.29 is 0 Å². The Bertz CT molecular complexity index is 640. The van der Waals surface area contributed by atoms with Crippen LogP contribution in [0.25, 0.3) is 10.9 Å². The minimum absolute atomic E-state index is 0.871. The van der Waals surface area contributed by atoms with Crippen LogP contribution in [0.2, 0.25) is 0 Å². The summed E-state index contributed by atoms with van der Waals surface area (Å²) < 4.78 is 2.37. The second kappa shape index (κ2) is 5.69. The van der Waals surface area contributed by atoms with E-state index >= 15 is 0 Å². The monoisotopic (exact) mass is 280 g/mol. The summed E-state index contributed by atoms with van der Waals surface area (Å²) in [6.07, 6.45) is 11.1. The van der Waals surface area contributed by atoms with Gasteiger partial charge in [-0.25, -0.2) is 0 Å². The van der Waals surface area contributed by atoms with E-state index in [4.69, 9.17) is 0 Å². The summed E-state index contributed by atoms with van der Waals surface area (Å²) in [6, 6.07) is 10.8. The first-order valence-corrected chi connectivity index (χ1v) is 8.33. The first-order valence-electron chi connectivity index (χ1n) is 8.33. The largest absolute Gasteiger partial charge is 0.347 e. The summed E-state index contributed by atoms with van der Waals surface area (Å²) in [5.41, 5.74) is 1.36. The zero-order valence-corrected chi connectivity index (χ0v) is 12.5. The summed E-state index contributed by atoms with van der Waals surface area (Å²) in [6.45, 7) is 3.44. The third kappa shape index (κ3) is 2.65. The Balaban J connectivity index is 1.22. The van der Waals surface area contributed by atoms with Crippen LogP contribution in [0.5, 0.6) is 0 Å². The molecule has 3 atom stereocenters. The molecule has 1 fully saturated rings. The fourth-order valence-corrected chi connectivity index (χ4v) is 4.13. The molecule has 0 saturated heterocycles. The molecule has 2 heteroatoms. The second-order valence-corrected chi connectivity index (χ2v) is 6.67. The topological polar surface area (TPSA) is 17.0 Å². The SMILES string of the molecule is C1=CC2CC1CC2CNCCCn1ccc2ccccc21. The van der Waals surface area contributed by atoms with E-state index in [-0.39, 0.29) is 0 Å². The van der Waals surface area contributed by atoms with Gasteiger partial charge in [-0.05, 0) is 67.6 Å². The fraction of sp³-hybridized carbons (Fsp3) is 0.474. The first kappa shape index (κ1) is 13.1. The van der Waals surface area contributed by atoms with Crippen LogP contribution in [-0.2, 0) is 6.54 Å². The van der Waals surface area contributed by atoms with E-state index in [9.17, 15) is 0 Å². The van der Waals surface area contributed by atoms with Crippen molar-refractivity contribution in [1.82, 2.24) is 9.88 Å². The number of aromatic nitrogens is 1. The summed E-state index contributed by atoms with van der Waals surface area (Å²) in [5.74, 6) is 2.66. The molecule has 1 saturated carbocycles. The van der Waals surface area contributed by atoms with Gasteiger partial charge >= 0.3 is 0 Å². The molecule has 0 aliphatic heterocycles. The van der Waals surface area contributed by atoms with Crippen LogP contribution in [-0.4, -0.2) is 17.7 Å². The molecule has 1 heterocycles. The smallest absolute Gasteiger partial charge is 0.0480 e. The van der Waals surface area contributed by atoms with Gasteiger partial charge in [-0.2, -0.15) is 0 Å². The van der Waals surface area contributed by atoms with Gasteiger partial charge in [0.15, 0.2) is 0 Å². The van der Waals surface area contributed by atoms with Gasteiger partial charge < -0.3 is 9.88 Å². The molecule has 2 bridgehead atoms. The maximum absolute atomic E-state index is 3.68. The Morgan fingerprint density at radius 3 is 2.90 bits per heavy atom. The van der Waals surface area contributed by atoms with E-state index < -0.39 is 0 Å². The zero-order chi connectivity index (χ0) is 14.1. The molecule has 2 aromatic rings. The molecule has 21 heavy (non-hydrogen) atoms. The molecule has 2 aliphatic carbocycles. The minimum atomic E-state index is 0.871. The molecule has 0 amide bonds. The highest BCUT2D eigenvalue weighted by Gasteiger charge is 2.34. The van der Waals surface area contributed by atoms with Gasteiger partial charge in [0, 0.05) is 18.3 Å². The number of allylic oxidation sites excluding steroid dienone is 2. The summed E-state index contributed by atoms with van der Waals surface area (Å²) >= 11 is 0. The molecule has 2 nitrogen and oxygen atoms in total. The number of nitrogens with zero attached hydrogens (tertiary/aromatic N) is 1. The van der Waals surface area contributed by atoms with Crippen molar-refractivity contribution in [3.05, 3.63) is 48.7 Å². The molecule has 2 aliphatic rings. The number of benzene rings is 1. The molecule has 1 aromatic carbocycles. The van der Waals surface area contributed by atoms with E-state index in [1.807, 2.05) is 0 Å². The molecule has 3 unspecified atom stereocenters. The third-order valence-electron chi connectivity index (χ3n) is 5.26. The van der Waals surface area contributed by atoms with Gasteiger partial charge in [-0.1, -0.05) is 30.4 Å². The van der Waals surface area contributed by atoms with E-state index in [1.54, 1.807) is 0 Å². The molecule has 110 valence electrons. The van der Waals surface area contributed by atoms with Crippen molar-refractivity contribution in [2.75, 3.05) is 13.1 Å². The highest BCUT2D eigenvalue weighted by atomic mass is 15.0. The zero-order valence-electron chi connectivity index (χ0n) is 12.5. The average Bonchev–Trinajstić information content (AvgIpc) is 3.22. The van der Waals surface area contributed by atoms with Gasteiger partial charge in [0.25, 0.3) is 0 Å². The van der Waals surface area contributed by atoms with Crippen LogP contribution < -0.4 is 5.32 Å². The van der Waals surface area contributed by atoms with Crippen molar-refractivity contribution in [3.63, 3.8) is 0 Å². The van der Waals surface area contributed by atoms with Crippen molar-refractivity contribution >= 4 is 10.9 Å². The Hall–Kier alpha value is -1.54. The molecule has 0 spiro atoms. The van der Waals surface area contributed by atoms with Gasteiger partial charge in [0.05, 0.1) is 0 Å². The Labute approximate surface area is 126 Å². The highest BCUT2D eigenvalue weighted by Crippen LogP contribution is 2.42. The predicted molar refractivity (Wildman–Crippen MR) is 88.3 cm³/mol. The number of aryl methyl sites for hydroxylation is 1. The lowest BCUT2D eigenvalue weighted by Gasteiger charge is -2.18. The molecular weight excluding hydrogens is 256 g/mol. The van der Waals surface area contributed by atoms with Crippen LogP contribution in [0.4, 0.5) is 0 Å². The number of rotatable bonds is 6. The number of hydrogen-bond donors (Lipinski definition) is 1. The van der Waals surface area contributed by atoms with Gasteiger partial charge in [-0.15, -0.1) is 0 Å². The first-order chi connectivity index (χ1) is 10.4. The number of nitrogens with one attached hydrogen (secondary N) is 1. The van der Waals surface area contributed by atoms with E-state index in [0.717, 1.165) is 30.8 Å². The predicted octanol–water partition coefficient (Wildman–Crippen LogP) is 3.83. The van der Waals surface area contributed by atoms with Crippen LogP contribution in [0.3, 0.4) is 0 Å². The maximum Gasteiger partial charge on any atom is 0.0480 e. The van der Waals surface area contributed by atoms with Gasteiger partial charge in [0.2, 0.25) is 0 Å². The average molecular weight is 280 g/mol. The van der Waals surface area contributed by atoms with E-state index in [0.29, 0.717) is 0 Å². The second-order valence-electron chi connectivity index (χ2n) is 6.67. The fourth-order valence-electron chi connectivity index (χ4n) is 4.13. The lowest BCUT2D eigenvalue weighted by Crippen LogP contribution is -2.26. The molecule has 1 aromatic heterocycles. The van der Waals surface area contributed by atoms with Gasteiger partial charge in [0.1, 0.15) is 0 Å². The minimum Gasteiger partial charge on any atom is -0.347 e. The summed E-state index contributed by atoms with van der Waals surface area (Å²) in [4.78, 5) is 0. The van der Waals surface area contributed by atoms with E-state index in [1.165, 1.54) is 36.7 Å². The quantitative estimate of drug-likeness (QED) is 0.628. The van der Waals surface area contributed by atoms with Gasteiger partial charge in [-0.3, -0.25) is 0 Å². The summed E-state index contributed by atoms with van der Waals surface area (Å²) in [7, 11) is 0. The maximum atomic E-state index is 3.68. The van der Waals surface area contributed by atoms with Crippen molar-refractivity contribution in [3.8, 4) is 0 Å². The number of fused-ring (bicyclic) bond motifs is 3. The lowest BCUT2D eigenvalue weighted by atomic mass is 9.94. The number of hydrogen-bond acceptors (Lipinski definition) is 1. The van der Waals surface area contributed by atoms with Crippen molar-refractivity contribution in [2.24, 2.45) is 17.8 Å². The standard InChI is InChI=1S/C19H24N2/c1-2-5-19-16(4-1)8-11-21(19)10-3-9-20-14-18-13-15-6-7-17(18)12-15/h1-2,4-8,11,15,17-18,20H,3,9-10,12-14H2.